The van der Waals surface area contributed by atoms with Crippen LogP contribution in [0.15, 0.2) is 0 Å². The normalized spacial score (nSPS) is 15.8. The molecule has 18 heavy (non-hydrogen) atoms. The molecule has 0 aliphatic heterocycles. The lowest BCUT2D eigenvalue weighted by atomic mass is 9.87. The molecule has 0 bridgehead atoms. The van der Waals surface area contributed by atoms with Crippen LogP contribution in [-0.4, -0.2) is 43.7 Å². The summed E-state index contributed by atoms with van der Waals surface area (Å²) in [4.78, 5) is 22.5. The number of aliphatic carboxylic acids is 1. The highest BCUT2D eigenvalue weighted by Crippen LogP contribution is 2.20. The lowest BCUT2D eigenvalue weighted by Crippen LogP contribution is -2.55. The Morgan fingerprint density at radius 3 is 1.94 bits per heavy atom. The van der Waals surface area contributed by atoms with Gasteiger partial charge in [-0.25, -0.2) is 13.1 Å². The van der Waals surface area contributed by atoms with Crippen molar-refractivity contribution in [1.29, 1.82) is 0 Å². The first kappa shape index (κ1) is 16.9. The number of rotatable bonds is 5. The maximum atomic E-state index is 11.9. The maximum absolute atomic E-state index is 11.9. The van der Waals surface area contributed by atoms with Gasteiger partial charge in [0.1, 0.15) is 12.1 Å². The molecule has 0 aromatic carbocycles. The van der Waals surface area contributed by atoms with Crippen LogP contribution < -0.4 is 10.0 Å². The van der Waals surface area contributed by atoms with Gasteiger partial charge >= 0.3 is 5.97 Å². The van der Waals surface area contributed by atoms with E-state index >= 15 is 0 Å². The highest BCUT2D eigenvalue weighted by molar-refractivity contribution is 7.88. The SMILES string of the molecule is C[C@H](NC(=O)C(NS(C)(=O)=O)C(C)(C)C)C(=O)O. The summed E-state index contributed by atoms with van der Waals surface area (Å²) in [5.41, 5.74) is -0.675. The largest absolute Gasteiger partial charge is 0.480 e. The van der Waals surface area contributed by atoms with Gasteiger partial charge in [-0.15, -0.1) is 0 Å². The minimum absolute atomic E-state index is 0.664. The Bertz CT molecular complexity index is 424. The average molecular weight is 280 g/mol. The molecular formula is C10H20N2O5S. The third kappa shape index (κ3) is 5.97. The third-order valence-electron chi connectivity index (χ3n) is 2.19. The van der Waals surface area contributed by atoms with Crippen LogP contribution in [0.25, 0.3) is 0 Å². The topological polar surface area (TPSA) is 113 Å². The number of nitrogens with one attached hydrogen (secondary N) is 2. The fraction of sp³-hybridized carbons (Fsp3) is 0.800. The third-order valence-corrected chi connectivity index (χ3v) is 2.85. The molecule has 3 N–H and O–H groups in total. The zero-order valence-corrected chi connectivity index (χ0v) is 12.0. The summed E-state index contributed by atoms with van der Waals surface area (Å²) in [6, 6.07) is -2.11. The Morgan fingerprint density at radius 1 is 1.22 bits per heavy atom. The predicted molar refractivity (Wildman–Crippen MR) is 66.5 cm³/mol. The standard InChI is InChI=1S/C10H20N2O5S/c1-6(9(14)15)11-8(13)7(10(2,3)4)12-18(5,16)17/h6-7,12H,1-5H3,(H,11,13)(H,14,15)/t6-,7?/m0/s1. The number of amides is 1. The molecule has 7 nitrogen and oxygen atoms in total. The fourth-order valence-corrected chi connectivity index (χ4v) is 2.08. The van der Waals surface area contributed by atoms with E-state index < -0.39 is 39.4 Å². The lowest BCUT2D eigenvalue weighted by molar-refractivity contribution is -0.141. The van der Waals surface area contributed by atoms with Crippen molar-refractivity contribution < 1.29 is 23.1 Å². The van der Waals surface area contributed by atoms with E-state index in [0.29, 0.717) is 0 Å². The summed E-state index contributed by atoms with van der Waals surface area (Å²) in [5, 5.41) is 10.9. The van der Waals surface area contributed by atoms with Gasteiger partial charge in [0.15, 0.2) is 0 Å². The molecule has 0 aromatic heterocycles. The highest BCUT2D eigenvalue weighted by atomic mass is 32.2. The molecule has 0 fully saturated rings. The first-order valence-corrected chi connectivity index (χ1v) is 7.24. The summed E-state index contributed by atoms with van der Waals surface area (Å²) in [5.74, 6) is -1.85. The number of carboxylic acids is 1. The summed E-state index contributed by atoms with van der Waals surface area (Å²) >= 11 is 0. The molecule has 8 heteroatoms. The van der Waals surface area contributed by atoms with Gasteiger partial charge < -0.3 is 10.4 Å². The second-order valence-corrected chi connectivity index (χ2v) is 7.04. The Kier molecular flexibility index (Phi) is 5.30. The van der Waals surface area contributed by atoms with Crippen molar-refractivity contribution in [2.45, 2.75) is 39.8 Å². The minimum atomic E-state index is -3.57. The van der Waals surface area contributed by atoms with Gasteiger partial charge in [0, 0.05) is 0 Å². The molecule has 0 saturated heterocycles. The van der Waals surface area contributed by atoms with Gasteiger partial charge in [-0.3, -0.25) is 9.59 Å². The minimum Gasteiger partial charge on any atom is -0.480 e. The molecule has 0 rings (SSSR count). The number of carbonyl (C=O) groups excluding carboxylic acids is 1. The zero-order chi connectivity index (χ0) is 14.7. The van der Waals surface area contributed by atoms with Gasteiger partial charge in [0.25, 0.3) is 0 Å². The van der Waals surface area contributed by atoms with Crippen molar-refractivity contribution in [3.8, 4) is 0 Å². The van der Waals surface area contributed by atoms with E-state index in [1.807, 2.05) is 0 Å². The molecule has 2 atom stereocenters. The molecule has 0 aliphatic carbocycles. The smallest absolute Gasteiger partial charge is 0.325 e. The van der Waals surface area contributed by atoms with E-state index in [2.05, 4.69) is 10.0 Å². The second-order valence-electron chi connectivity index (χ2n) is 5.26. The molecule has 0 aromatic rings. The molecule has 1 unspecified atom stereocenters. The van der Waals surface area contributed by atoms with Crippen molar-refractivity contribution in [1.82, 2.24) is 10.0 Å². The summed E-state index contributed by atoms with van der Waals surface area (Å²) in [6.07, 6.45) is 0.944. The van der Waals surface area contributed by atoms with Crippen molar-refractivity contribution in [2.75, 3.05) is 6.26 Å². The average Bonchev–Trinajstić information content (AvgIpc) is 2.10. The van der Waals surface area contributed by atoms with Crippen LogP contribution in [0.3, 0.4) is 0 Å². The van der Waals surface area contributed by atoms with Crippen molar-refractivity contribution >= 4 is 21.9 Å². The monoisotopic (exact) mass is 280 g/mol. The Morgan fingerprint density at radius 2 is 1.67 bits per heavy atom. The Balaban J connectivity index is 5.00. The van der Waals surface area contributed by atoms with E-state index in [9.17, 15) is 18.0 Å². The van der Waals surface area contributed by atoms with Crippen LogP contribution in [0, 0.1) is 5.41 Å². The van der Waals surface area contributed by atoms with Gasteiger partial charge in [-0.2, -0.15) is 0 Å². The molecule has 106 valence electrons. The summed E-state index contributed by atoms with van der Waals surface area (Å²) < 4.78 is 24.6. The van der Waals surface area contributed by atoms with Gasteiger partial charge in [0.2, 0.25) is 15.9 Å². The van der Waals surface area contributed by atoms with Crippen molar-refractivity contribution in [3.63, 3.8) is 0 Å². The van der Waals surface area contributed by atoms with Gasteiger partial charge in [-0.1, -0.05) is 20.8 Å². The van der Waals surface area contributed by atoms with Gasteiger partial charge in [0.05, 0.1) is 6.26 Å². The molecule has 1 amide bonds. The van der Waals surface area contributed by atoms with Crippen LogP contribution in [0.4, 0.5) is 0 Å². The Labute approximate surface area is 107 Å². The number of hydrogen-bond donors (Lipinski definition) is 3. The second kappa shape index (κ2) is 5.66. The van der Waals surface area contributed by atoms with E-state index in [0.717, 1.165) is 6.26 Å². The van der Waals surface area contributed by atoms with E-state index in [4.69, 9.17) is 5.11 Å². The number of carboxylic acid groups (broad SMARTS) is 1. The number of hydrogen-bond acceptors (Lipinski definition) is 4. The number of carbonyl (C=O) groups is 2. The maximum Gasteiger partial charge on any atom is 0.325 e. The van der Waals surface area contributed by atoms with E-state index in [1.54, 1.807) is 20.8 Å². The first-order chi connectivity index (χ1) is 7.84. The lowest BCUT2D eigenvalue weighted by Gasteiger charge is -2.30. The zero-order valence-electron chi connectivity index (χ0n) is 11.1. The van der Waals surface area contributed by atoms with Crippen LogP contribution in [-0.2, 0) is 19.6 Å². The summed E-state index contributed by atoms with van der Waals surface area (Å²) in [6.45, 7) is 6.35. The van der Waals surface area contributed by atoms with Crippen molar-refractivity contribution in [3.05, 3.63) is 0 Å². The molecule has 0 saturated carbocycles. The van der Waals surface area contributed by atoms with Crippen LogP contribution in [0.5, 0.6) is 0 Å². The molecule has 0 aliphatic rings. The predicted octanol–water partition coefficient (Wildman–Crippen LogP) is -0.460. The molecule has 0 heterocycles. The van der Waals surface area contributed by atoms with Crippen molar-refractivity contribution in [2.24, 2.45) is 5.41 Å². The summed E-state index contributed by atoms with van der Waals surface area (Å²) in [7, 11) is -3.57. The Hall–Kier alpha value is -1.15. The van der Waals surface area contributed by atoms with E-state index in [1.165, 1.54) is 6.92 Å². The highest BCUT2D eigenvalue weighted by Gasteiger charge is 2.34. The quantitative estimate of drug-likeness (QED) is 0.631. The van der Waals surface area contributed by atoms with Crippen LogP contribution in [0.2, 0.25) is 0 Å². The van der Waals surface area contributed by atoms with E-state index in [-0.39, 0.29) is 0 Å². The van der Waals surface area contributed by atoms with Gasteiger partial charge in [-0.05, 0) is 12.3 Å². The number of sulfonamides is 1. The van der Waals surface area contributed by atoms with Crippen LogP contribution in [0.1, 0.15) is 27.7 Å². The molecule has 0 spiro atoms. The molecular weight excluding hydrogens is 260 g/mol. The van der Waals surface area contributed by atoms with Crippen LogP contribution >= 0.6 is 0 Å². The molecule has 0 radical (unpaired) electrons. The first-order valence-electron chi connectivity index (χ1n) is 5.35. The fourth-order valence-electron chi connectivity index (χ4n) is 1.20.